The van der Waals surface area contributed by atoms with Crippen LogP contribution in [-0.4, -0.2) is 28.2 Å². The molecule has 0 aliphatic carbocycles. The van der Waals surface area contributed by atoms with Crippen LogP contribution in [0, 0.1) is 0 Å². The van der Waals surface area contributed by atoms with E-state index in [1.807, 2.05) is 36.4 Å². The van der Waals surface area contributed by atoms with Gasteiger partial charge in [0.1, 0.15) is 5.75 Å². The molecule has 0 radical (unpaired) electrons. The molecule has 0 atom stereocenters. The van der Waals surface area contributed by atoms with Crippen molar-refractivity contribution in [1.82, 2.24) is 14.9 Å². The Kier molecular flexibility index (Phi) is 6.75. The van der Waals surface area contributed by atoms with Crippen molar-refractivity contribution in [2.75, 3.05) is 18.4 Å². The van der Waals surface area contributed by atoms with Gasteiger partial charge in [0, 0.05) is 20.3 Å². The summed E-state index contributed by atoms with van der Waals surface area (Å²) in [5.74, 6) is 7.84. The van der Waals surface area contributed by atoms with Crippen molar-refractivity contribution in [1.29, 1.82) is 0 Å². The Bertz CT molecular complexity index is 962. The Balaban J connectivity index is 1.64. The van der Waals surface area contributed by atoms with E-state index in [1.165, 1.54) is 16.4 Å². The predicted molar refractivity (Wildman–Crippen MR) is 116 cm³/mol. The van der Waals surface area contributed by atoms with Gasteiger partial charge in [0.25, 0.3) is 5.95 Å². The SMILES string of the molecule is COc1ccc(Br)cc1/C=N/Nc1nnc(SCc2cccc(Br)c2)n1N. The van der Waals surface area contributed by atoms with Gasteiger partial charge in [0.15, 0.2) is 0 Å². The van der Waals surface area contributed by atoms with Crippen LogP contribution in [0.1, 0.15) is 11.1 Å². The molecular weight excluding hydrogens is 496 g/mol. The molecule has 1 heterocycles. The summed E-state index contributed by atoms with van der Waals surface area (Å²) in [5, 5.41) is 12.9. The number of thioether (sulfide) groups is 1. The van der Waals surface area contributed by atoms with E-state index in [2.05, 4.69) is 58.7 Å². The first kappa shape index (κ1) is 19.7. The summed E-state index contributed by atoms with van der Waals surface area (Å²) in [7, 11) is 1.61. The third kappa shape index (κ3) is 5.24. The Morgan fingerprint density at radius 1 is 1.22 bits per heavy atom. The third-order valence-corrected chi connectivity index (χ3v) is 5.48. The molecule has 3 aromatic rings. The second-order valence-electron chi connectivity index (χ2n) is 5.35. The average Bonchev–Trinajstić information content (AvgIpc) is 3.00. The molecule has 0 aliphatic heterocycles. The van der Waals surface area contributed by atoms with Gasteiger partial charge in [-0.25, -0.2) is 10.1 Å². The normalized spacial score (nSPS) is 11.1. The minimum Gasteiger partial charge on any atom is -0.496 e. The van der Waals surface area contributed by atoms with Crippen LogP contribution in [0.3, 0.4) is 0 Å². The monoisotopic (exact) mass is 510 g/mol. The molecule has 10 heteroatoms. The van der Waals surface area contributed by atoms with Crippen LogP contribution in [0.25, 0.3) is 0 Å². The first-order chi connectivity index (χ1) is 13.1. The summed E-state index contributed by atoms with van der Waals surface area (Å²) in [5.41, 5.74) is 4.77. The number of hydrogen-bond acceptors (Lipinski definition) is 7. The maximum atomic E-state index is 6.05. The van der Waals surface area contributed by atoms with Crippen LogP contribution in [0.5, 0.6) is 5.75 Å². The fraction of sp³-hybridized carbons (Fsp3) is 0.118. The fourth-order valence-electron chi connectivity index (χ4n) is 2.19. The zero-order valence-corrected chi connectivity index (χ0v) is 18.3. The summed E-state index contributed by atoms with van der Waals surface area (Å²) in [4.78, 5) is 0. The van der Waals surface area contributed by atoms with Gasteiger partial charge in [-0.2, -0.15) is 5.10 Å². The van der Waals surface area contributed by atoms with Crippen molar-refractivity contribution in [2.24, 2.45) is 5.10 Å². The first-order valence-corrected chi connectivity index (χ1v) is 10.3. The van der Waals surface area contributed by atoms with Gasteiger partial charge in [0.2, 0.25) is 5.16 Å². The molecule has 27 heavy (non-hydrogen) atoms. The Morgan fingerprint density at radius 2 is 2.04 bits per heavy atom. The number of methoxy groups -OCH3 is 1. The van der Waals surface area contributed by atoms with Gasteiger partial charge in [-0.1, -0.05) is 55.8 Å². The number of aromatic nitrogens is 3. The summed E-state index contributed by atoms with van der Waals surface area (Å²) < 4.78 is 8.65. The van der Waals surface area contributed by atoms with E-state index in [0.29, 0.717) is 16.9 Å². The van der Waals surface area contributed by atoms with E-state index in [1.54, 1.807) is 13.3 Å². The van der Waals surface area contributed by atoms with Crippen LogP contribution in [0.15, 0.2) is 61.7 Å². The van der Waals surface area contributed by atoms with E-state index in [9.17, 15) is 0 Å². The highest BCUT2D eigenvalue weighted by Crippen LogP contribution is 2.24. The summed E-state index contributed by atoms with van der Waals surface area (Å²) >= 11 is 8.39. The van der Waals surface area contributed by atoms with Crippen molar-refractivity contribution in [3.8, 4) is 5.75 Å². The number of halogens is 2. The molecule has 0 amide bonds. The molecule has 0 aliphatic rings. The number of hydrazone groups is 1. The number of nitrogen functional groups attached to an aromatic ring is 1. The summed E-state index contributed by atoms with van der Waals surface area (Å²) in [6.07, 6.45) is 1.63. The average molecular weight is 512 g/mol. The van der Waals surface area contributed by atoms with E-state index in [0.717, 1.165) is 25.8 Å². The molecule has 0 saturated carbocycles. The standard InChI is InChI=1S/C17H16Br2N6OS/c1-26-15-6-5-14(19)8-12(15)9-21-22-16-23-24-17(25(16)20)27-10-11-3-2-4-13(18)7-11/h2-9H,10,20H2,1H3,(H,22,23)/b21-9+. The molecule has 7 nitrogen and oxygen atoms in total. The van der Waals surface area contributed by atoms with E-state index >= 15 is 0 Å². The summed E-state index contributed by atoms with van der Waals surface area (Å²) in [6, 6.07) is 13.7. The van der Waals surface area contributed by atoms with Gasteiger partial charge in [-0.15, -0.1) is 10.2 Å². The second-order valence-corrected chi connectivity index (χ2v) is 8.12. The van der Waals surface area contributed by atoms with E-state index in [-0.39, 0.29) is 0 Å². The van der Waals surface area contributed by atoms with Crippen LogP contribution < -0.4 is 16.0 Å². The number of anilines is 1. The zero-order chi connectivity index (χ0) is 19.2. The highest BCUT2D eigenvalue weighted by atomic mass is 79.9. The van der Waals surface area contributed by atoms with Crippen LogP contribution in [0.4, 0.5) is 5.95 Å². The maximum absolute atomic E-state index is 6.05. The number of benzene rings is 2. The van der Waals surface area contributed by atoms with Crippen LogP contribution >= 0.6 is 43.6 Å². The molecule has 0 unspecified atom stereocenters. The Hall–Kier alpha value is -2.04. The fourth-order valence-corrected chi connectivity index (χ4v) is 3.82. The van der Waals surface area contributed by atoms with E-state index in [4.69, 9.17) is 10.6 Å². The molecule has 0 spiro atoms. The minimum atomic E-state index is 0.344. The Morgan fingerprint density at radius 3 is 2.81 bits per heavy atom. The maximum Gasteiger partial charge on any atom is 0.264 e. The number of ether oxygens (including phenoxy) is 1. The molecule has 140 valence electrons. The molecule has 0 fully saturated rings. The number of nitrogens with zero attached hydrogens (tertiary/aromatic N) is 4. The molecule has 3 N–H and O–H groups in total. The molecule has 0 saturated heterocycles. The predicted octanol–water partition coefficient (Wildman–Crippen LogP) is 4.26. The van der Waals surface area contributed by atoms with Crippen LogP contribution in [-0.2, 0) is 5.75 Å². The zero-order valence-electron chi connectivity index (χ0n) is 14.3. The van der Waals surface area contributed by atoms with Crippen molar-refractivity contribution < 1.29 is 4.74 Å². The van der Waals surface area contributed by atoms with Crippen molar-refractivity contribution in [3.05, 3.63) is 62.5 Å². The number of hydrogen-bond donors (Lipinski definition) is 2. The lowest BCUT2D eigenvalue weighted by atomic mass is 10.2. The van der Waals surface area contributed by atoms with Crippen LogP contribution in [0.2, 0.25) is 0 Å². The van der Waals surface area contributed by atoms with Gasteiger partial charge in [-0.05, 0) is 35.9 Å². The highest BCUT2D eigenvalue weighted by molar-refractivity contribution is 9.10. The number of rotatable bonds is 7. The van der Waals surface area contributed by atoms with Crippen molar-refractivity contribution in [2.45, 2.75) is 10.9 Å². The molecule has 1 aromatic heterocycles. The van der Waals surface area contributed by atoms with Gasteiger partial charge < -0.3 is 10.6 Å². The van der Waals surface area contributed by atoms with Crippen molar-refractivity contribution >= 4 is 55.8 Å². The first-order valence-electron chi connectivity index (χ1n) is 7.77. The molecule has 0 bridgehead atoms. The van der Waals surface area contributed by atoms with Gasteiger partial charge in [0.05, 0.1) is 13.3 Å². The lowest BCUT2D eigenvalue weighted by Crippen LogP contribution is -2.13. The minimum absolute atomic E-state index is 0.344. The molecule has 3 rings (SSSR count). The quantitative estimate of drug-likeness (QED) is 0.213. The van der Waals surface area contributed by atoms with Gasteiger partial charge in [-0.3, -0.25) is 0 Å². The smallest absolute Gasteiger partial charge is 0.264 e. The highest BCUT2D eigenvalue weighted by Gasteiger charge is 2.10. The number of nitrogens with one attached hydrogen (secondary N) is 1. The van der Waals surface area contributed by atoms with Crippen molar-refractivity contribution in [3.63, 3.8) is 0 Å². The topological polar surface area (TPSA) is 90.3 Å². The largest absolute Gasteiger partial charge is 0.496 e. The molecular formula is C17H16Br2N6OS. The summed E-state index contributed by atoms with van der Waals surface area (Å²) in [6.45, 7) is 0. The Labute approximate surface area is 177 Å². The molecule has 2 aromatic carbocycles. The van der Waals surface area contributed by atoms with Gasteiger partial charge >= 0.3 is 0 Å². The third-order valence-electron chi connectivity index (χ3n) is 3.48. The lowest BCUT2D eigenvalue weighted by molar-refractivity contribution is 0.414. The van der Waals surface area contributed by atoms with E-state index < -0.39 is 0 Å². The second kappa shape index (κ2) is 9.25. The number of nitrogens with two attached hydrogens (primary N) is 1. The lowest BCUT2D eigenvalue weighted by Gasteiger charge is -2.05.